The maximum absolute atomic E-state index is 10.5. The molecule has 1 aromatic carbocycles. The number of aliphatic hydroxyl groups is 3. The minimum atomic E-state index is -1.06. The summed E-state index contributed by atoms with van der Waals surface area (Å²) >= 11 is 0. The third-order valence-electron chi connectivity index (χ3n) is 3.16. The minimum Gasteiger partial charge on any atom is -0.395 e. The summed E-state index contributed by atoms with van der Waals surface area (Å²) in [6, 6.07) is 4.57. The van der Waals surface area contributed by atoms with Gasteiger partial charge in [-0.25, -0.2) is 0 Å². The van der Waals surface area contributed by atoms with Crippen LogP contribution < -0.4 is 5.32 Å². The van der Waals surface area contributed by atoms with Crippen LogP contribution >= 0.6 is 0 Å². The Hall–Kier alpha value is -1.54. The third kappa shape index (κ3) is 2.21. The lowest BCUT2D eigenvalue weighted by Crippen LogP contribution is -2.35. The smallest absolute Gasteiger partial charge is 0.269 e. The monoisotopic (exact) mass is 254 g/mol. The maximum atomic E-state index is 10.5. The normalized spacial score (nSPS) is 31.5. The summed E-state index contributed by atoms with van der Waals surface area (Å²) in [5.41, 5.74) is 0.591. The molecule has 4 atom stereocenters. The summed E-state index contributed by atoms with van der Waals surface area (Å²) < 4.78 is 0. The molecule has 0 bridgehead atoms. The number of hydrogen-bond acceptors (Lipinski definition) is 6. The molecule has 0 saturated carbocycles. The zero-order chi connectivity index (χ0) is 13.3. The van der Waals surface area contributed by atoms with Crippen LogP contribution in [-0.2, 0) is 0 Å². The van der Waals surface area contributed by atoms with Crippen molar-refractivity contribution in [3.8, 4) is 0 Å². The van der Waals surface area contributed by atoms with Gasteiger partial charge in [0.1, 0.15) is 6.10 Å². The van der Waals surface area contributed by atoms with Crippen molar-refractivity contribution in [2.75, 3.05) is 6.61 Å². The van der Waals surface area contributed by atoms with Gasteiger partial charge in [-0.2, -0.15) is 0 Å². The van der Waals surface area contributed by atoms with Crippen molar-refractivity contribution in [1.29, 1.82) is 0 Å². The van der Waals surface area contributed by atoms with E-state index in [0.29, 0.717) is 5.56 Å². The average molecular weight is 254 g/mol. The van der Waals surface area contributed by atoms with E-state index in [1.165, 1.54) is 24.3 Å². The number of aliphatic hydroxyl groups excluding tert-OH is 3. The van der Waals surface area contributed by atoms with Crippen LogP contribution in [0.4, 0.5) is 5.69 Å². The second-order valence-corrected chi connectivity index (χ2v) is 4.26. The first-order valence-corrected chi connectivity index (χ1v) is 5.52. The molecule has 4 N–H and O–H groups in total. The Morgan fingerprint density at radius 3 is 2.28 bits per heavy atom. The summed E-state index contributed by atoms with van der Waals surface area (Å²) in [6.45, 7) is -0.290. The fraction of sp³-hybridized carbons (Fsp3) is 0.455. The number of hydrogen-bond donors (Lipinski definition) is 4. The van der Waals surface area contributed by atoms with Crippen molar-refractivity contribution in [3.05, 3.63) is 39.9 Å². The van der Waals surface area contributed by atoms with Crippen molar-refractivity contribution < 1.29 is 20.2 Å². The number of nitrogens with one attached hydrogen (secondary N) is 1. The van der Waals surface area contributed by atoms with E-state index in [9.17, 15) is 20.3 Å². The van der Waals surface area contributed by atoms with E-state index in [2.05, 4.69) is 5.32 Å². The Bertz CT molecular complexity index is 436. The van der Waals surface area contributed by atoms with E-state index in [4.69, 9.17) is 5.11 Å². The molecule has 18 heavy (non-hydrogen) atoms. The molecular formula is C11H14N2O5. The van der Waals surface area contributed by atoms with Gasteiger partial charge >= 0.3 is 0 Å². The Labute approximate surface area is 103 Å². The number of nitro benzene ring substituents is 1. The quantitative estimate of drug-likeness (QED) is 0.419. The van der Waals surface area contributed by atoms with Crippen molar-refractivity contribution in [2.45, 2.75) is 24.3 Å². The number of benzene rings is 1. The molecule has 0 spiro atoms. The highest BCUT2D eigenvalue weighted by molar-refractivity contribution is 5.35. The topological polar surface area (TPSA) is 116 Å². The van der Waals surface area contributed by atoms with Gasteiger partial charge in [-0.05, 0) is 5.56 Å². The van der Waals surface area contributed by atoms with Gasteiger partial charge in [0, 0.05) is 12.1 Å². The molecule has 1 saturated heterocycles. The first-order valence-electron chi connectivity index (χ1n) is 5.52. The Kier molecular flexibility index (Phi) is 3.58. The molecule has 1 unspecified atom stereocenters. The fourth-order valence-corrected chi connectivity index (χ4v) is 2.12. The van der Waals surface area contributed by atoms with Crippen LogP contribution in [0.5, 0.6) is 0 Å². The first-order chi connectivity index (χ1) is 8.54. The SMILES string of the molecule is O=[N+]([O-])c1ccc(C2N[C@H](CO)[C@@H](O)[C@H]2O)cc1. The van der Waals surface area contributed by atoms with Crippen molar-refractivity contribution in [1.82, 2.24) is 5.32 Å². The van der Waals surface area contributed by atoms with Gasteiger partial charge in [0.05, 0.1) is 29.7 Å². The molecule has 7 nitrogen and oxygen atoms in total. The molecule has 0 aliphatic carbocycles. The molecule has 1 heterocycles. The van der Waals surface area contributed by atoms with Crippen molar-refractivity contribution >= 4 is 5.69 Å². The van der Waals surface area contributed by atoms with Gasteiger partial charge < -0.3 is 20.6 Å². The largest absolute Gasteiger partial charge is 0.395 e. The van der Waals surface area contributed by atoms with E-state index in [1.54, 1.807) is 0 Å². The molecule has 1 aliphatic heterocycles. The second kappa shape index (κ2) is 4.99. The van der Waals surface area contributed by atoms with E-state index >= 15 is 0 Å². The summed E-state index contributed by atoms with van der Waals surface area (Å²) in [5.74, 6) is 0. The molecule has 2 rings (SSSR count). The Morgan fingerprint density at radius 1 is 1.22 bits per heavy atom. The van der Waals surface area contributed by atoms with Crippen LogP contribution in [-0.4, -0.2) is 45.1 Å². The number of non-ortho nitro benzene ring substituents is 1. The third-order valence-corrected chi connectivity index (χ3v) is 3.16. The summed E-state index contributed by atoms with van der Waals surface area (Å²) in [5, 5.41) is 41.9. The van der Waals surface area contributed by atoms with E-state index in [0.717, 1.165) is 0 Å². The van der Waals surface area contributed by atoms with Crippen molar-refractivity contribution in [3.63, 3.8) is 0 Å². The number of rotatable bonds is 3. The summed E-state index contributed by atoms with van der Waals surface area (Å²) in [7, 11) is 0. The highest BCUT2D eigenvalue weighted by Gasteiger charge is 2.41. The zero-order valence-electron chi connectivity index (χ0n) is 9.43. The van der Waals surface area contributed by atoms with Crippen molar-refractivity contribution in [2.24, 2.45) is 0 Å². The van der Waals surface area contributed by atoms with Crippen LogP contribution in [0.15, 0.2) is 24.3 Å². The molecule has 1 fully saturated rings. The van der Waals surface area contributed by atoms with E-state index in [1.807, 2.05) is 0 Å². The van der Waals surface area contributed by atoms with Gasteiger partial charge in [-0.3, -0.25) is 10.1 Å². The highest BCUT2D eigenvalue weighted by Crippen LogP contribution is 2.28. The van der Waals surface area contributed by atoms with E-state index < -0.39 is 29.2 Å². The molecule has 7 heteroatoms. The van der Waals surface area contributed by atoms with Crippen LogP contribution in [0.2, 0.25) is 0 Å². The molecule has 1 aromatic rings. The predicted molar refractivity (Wildman–Crippen MR) is 61.9 cm³/mol. The zero-order valence-corrected chi connectivity index (χ0v) is 9.43. The lowest BCUT2D eigenvalue weighted by Gasteiger charge is -2.15. The van der Waals surface area contributed by atoms with Gasteiger partial charge in [0.2, 0.25) is 0 Å². The van der Waals surface area contributed by atoms with Gasteiger partial charge in [0.25, 0.3) is 5.69 Å². The molecule has 98 valence electrons. The lowest BCUT2D eigenvalue weighted by atomic mass is 10.0. The molecular weight excluding hydrogens is 240 g/mol. The van der Waals surface area contributed by atoms with Crippen LogP contribution in [0.3, 0.4) is 0 Å². The highest BCUT2D eigenvalue weighted by atomic mass is 16.6. The number of nitro groups is 1. The lowest BCUT2D eigenvalue weighted by molar-refractivity contribution is -0.384. The first kappa shape index (κ1) is 12.9. The van der Waals surface area contributed by atoms with Gasteiger partial charge in [-0.1, -0.05) is 12.1 Å². The molecule has 0 aromatic heterocycles. The molecule has 0 amide bonds. The average Bonchev–Trinajstić information content (AvgIpc) is 2.66. The van der Waals surface area contributed by atoms with Crippen LogP contribution in [0.1, 0.15) is 11.6 Å². The van der Waals surface area contributed by atoms with Gasteiger partial charge in [0.15, 0.2) is 0 Å². The molecule has 1 aliphatic rings. The summed E-state index contributed by atoms with van der Waals surface area (Å²) in [6.07, 6.45) is -2.11. The maximum Gasteiger partial charge on any atom is 0.269 e. The summed E-state index contributed by atoms with van der Waals surface area (Å²) in [4.78, 5) is 10.0. The van der Waals surface area contributed by atoms with Gasteiger partial charge in [-0.15, -0.1) is 0 Å². The van der Waals surface area contributed by atoms with Crippen LogP contribution in [0, 0.1) is 10.1 Å². The fourth-order valence-electron chi connectivity index (χ4n) is 2.12. The van der Waals surface area contributed by atoms with E-state index in [-0.39, 0.29) is 12.3 Å². The molecule has 0 radical (unpaired) electrons. The van der Waals surface area contributed by atoms with Crippen LogP contribution in [0.25, 0.3) is 0 Å². The minimum absolute atomic E-state index is 0.0366. The number of nitrogens with zero attached hydrogens (tertiary/aromatic N) is 1. The second-order valence-electron chi connectivity index (χ2n) is 4.26. The predicted octanol–water partition coefficient (Wildman–Crippen LogP) is -0.678. The Morgan fingerprint density at radius 2 is 1.83 bits per heavy atom. The Balaban J connectivity index is 2.19. The standard InChI is InChI=1S/C11H14N2O5/c14-5-8-10(15)11(16)9(12-8)6-1-3-7(4-2-6)13(17)18/h1-4,8-12,14-16H,5H2/t8-,9?,10-,11+/m1/s1.